The summed E-state index contributed by atoms with van der Waals surface area (Å²) in [7, 11) is 1.83. The van der Waals surface area contributed by atoms with Crippen molar-refractivity contribution in [2.75, 3.05) is 24.3 Å². The molecule has 0 spiro atoms. The van der Waals surface area contributed by atoms with E-state index in [2.05, 4.69) is 24.7 Å². The number of anilines is 2. The molecule has 0 bridgehead atoms. The zero-order valence-corrected chi connectivity index (χ0v) is 17.8. The maximum Gasteiger partial charge on any atom is 0.293 e. The molecule has 0 fully saturated rings. The lowest BCUT2D eigenvalue weighted by molar-refractivity contribution is -0.135. The highest BCUT2D eigenvalue weighted by molar-refractivity contribution is 5.96. The topological polar surface area (TPSA) is 170 Å². The molecule has 2 heterocycles. The first kappa shape index (κ1) is 23.3. The fourth-order valence-corrected chi connectivity index (χ4v) is 3.15. The molecule has 12 nitrogen and oxygen atoms in total. The van der Waals surface area contributed by atoms with Crippen molar-refractivity contribution in [1.82, 2.24) is 19.9 Å². The number of Topliss-reactive ketones (excluding diaryl/α,β-unsaturated/α-hetero) is 1. The molecule has 0 saturated carbocycles. The molecule has 2 aromatic heterocycles. The van der Waals surface area contributed by atoms with Crippen LogP contribution in [-0.4, -0.2) is 58.4 Å². The van der Waals surface area contributed by atoms with E-state index in [-0.39, 0.29) is 48.8 Å². The van der Waals surface area contributed by atoms with Crippen molar-refractivity contribution >= 4 is 41.5 Å². The standard InChI is InChI=1S/C21H22N6O6/c1-27(10-14-9-23-19-18(24-14)20(31)26-21(22)25-19)15-4-2-13(3-5-15)17(30)8-16(33-12-29)6-7-32-11-28/h2-5,9,11-12,16H,6-8,10H2,1H3,(H3,22,23,25,26,31). The van der Waals surface area contributed by atoms with E-state index < -0.39 is 11.7 Å². The number of carbonyl (C=O) groups excluding carboxylic acids is 3. The lowest BCUT2D eigenvalue weighted by Crippen LogP contribution is -2.20. The van der Waals surface area contributed by atoms with Crippen LogP contribution in [0.4, 0.5) is 11.6 Å². The van der Waals surface area contributed by atoms with Crippen LogP contribution in [0.3, 0.4) is 0 Å². The Hall–Kier alpha value is -4.35. The van der Waals surface area contributed by atoms with Gasteiger partial charge in [0, 0.05) is 31.1 Å². The summed E-state index contributed by atoms with van der Waals surface area (Å²) in [5.41, 5.74) is 7.12. The first-order valence-corrected chi connectivity index (χ1v) is 9.91. The third kappa shape index (κ3) is 6.09. The van der Waals surface area contributed by atoms with E-state index in [0.29, 0.717) is 24.3 Å². The third-order valence-corrected chi connectivity index (χ3v) is 4.80. The van der Waals surface area contributed by atoms with Crippen molar-refractivity contribution in [2.45, 2.75) is 25.5 Å². The van der Waals surface area contributed by atoms with Gasteiger partial charge in [-0.25, -0.2) is 9.97 Å². The fourth-order valence-electron chi connectivity index (χ4n) is 3.15. The number of nitrogens with two attached hydrogens (primary N) is 1. The lowest BCUT2D eigenvalue weighted by atomic mass is 10.0. The van der Waals surface area contributed by atoms with Gasteiger partial charge in [-0.2, -0.15) is 4.98 Å². The monoisotopic (exact) mass is 454 g/mol. The Balaban J connectivity index is 1.65. The molecule has 0 aliphatic rings. The molecule has 3 N–H and O–H groups in total. The number of ketones is 1. The summed E-state index contributed by atoms with van der Waals surface area (Å²) in [5.74, 6) is -0.242. The van der Waals surface area contributed by atoms with E-state index >= 15 is 0 Å². The summed E-state index contributed by atoms with van der Waals surface area (Å²) in [6.45, 7) is 0.965. The number of rotatable bonds is 12. The summed E-state index contributed by atoms with van der Waals surface area (Å²) in [4.78, 5) is 62.1. The third-order valence-electron chi connectivity index (χ3n) is 4.80. The van der Waals surface area contributed by atoms with Gasteiger partial charge in [-0.3, -0.25) is 24.2 Å². The molecule has 12 heteroatoms. The van der Waals surface area contributed by atoms with Crippen LogP contribution in [0.1, 0.15) is 28.9 Å². The van der Waals surface area contributed by atoms with Crippen LogP contribution >= 0.6 is 0 Å². The molecule has 0 aliphatic heterocycles. The second-order valence-electron chi connectivity index (χ2n) is 7.12. The normalized spacial score (nSPS) is 11.5. The number of nitrogen functional groups attached to an aromatic ring is 1. The smallest absolute Gasteiger partial charge is 0.293 e. The predicted octanol–water partition coefficient (Wildman–Crippen LogP) is 0.609. The van der Waals surface area contributed by atoms with Gasteiger partial charge in [-0.15, -0.1) is 0 Å². The number of carbonyl (C=O) groups is 3. The number of hydrogen-bond acceptors (Lipinski definition) is 11. The Morgan fingerprint density at radius 1 is 1.21 bits per heavy atom. The maximum atomic E-state index is 12.5. The Morgan fingerprint density at radius 2 is 1.97 bits per heavy atom. The zero-order valence-electron chi connectivity index (χ0n) is 17.8. The number of fused-ring (bicyclic) bond motifs is 1. The summed E-state index contributed by atoms with van der Waals surface area (Å²) in [5, 5.41) is 0. The van der Waals surface area contributed by atoms with Gasteiger partial charge in [-0.05, 0) is 24.3 Å². The van der Waals surface area contributed by atoms with Crippen molar-refractivity contribution in [3.63, 3.8) is 0 Å². The average molecular weight is 454 g/mol. The second kappa shape index (κ2) is 10.8. The number of hydrogen-bond donors (Lipinski definition) is 2. The molecule has 1 atom stereocenters. The molecule has 1 unspecified atom stereocenters. The van der Waals surface area contributed by atoms with Crippen LogP contribution in [0.5, 0.6) is 0 Å². The molecule has 33 heavy (non-hydrogen) atoms. The van der Waals surface area contributed by atoms with Crippen LogP contribution in [0, 0.1) is 0 Å². The second-order valence-corrected chi connectivity index (χ2v) is 7.12. The van der Waals surface area contributed by atoms with Gasteiger partial charge >= 0.3 is 0 Å². The number of H-pyrrole nitrogens is 1. The zero-order chi connectivity index (χ0) is 23.8. The molecule has 0 amide bonds. The van der Waals surface area contributed by atoms with Crippen LogP contribution < -0.4 is 16.2 Å². The van der Waals surface area contributed by atoms with Gasteiger partial charge in [0.25, 0.3) is 18.5 Å². The number of aromatic nitrogens is 4. The number of aromatic amines is 1. The maximum absolute atomic E-state index is 12.5. The highest BCUT2D eigenvalue weighted by Crippen LogP contribution is 2.18. The van der Waals surface area contributed by atoms with Crippen LogP contribution in [0.25, 0.3) is 11.2 Å². The predicted molar refractivity (Wildman–Crippen MR) is 117 cm³/mol. The summed E-state index contributed by atoms with van der Waals surface area (Å²) in [6.07, 6.45) is 1.03. The molecule has 0 saturated heterocycles. The van der Waals surface area contributed by atoms with Gasteiger partial charge in [0.05, 0.1) is 25.0 Å². The van der Waals surface area contributed by atoms with Crippen molar-refractivity contribution in [3.8, 4) is 0 Å². The van der Waals surface area contributed by atoms with E-state index in [1.807, 2.05) is 11.9 Å². The summed E-state index contributed by atoms with van der Waals surface area (Å²) in [6, 6.07) is 6.86. The van der Waals surface area contributed by atoms with E-state index in [1.165, 1.54) is 6.20 Å². The molecule has 3 aromatic rings. The van der Waals surface area contributed by atoms with Gasteiger partial charge in [-0.1, -0.05) is 0 Å². The minimum atomic E-state index is -0.684. The number of nitrogens with zero attached hydrogens (tertiary/aromatic N) is 4. The highest BCUT2D eigenvalue weighted by atomic mass is 16.5. The van der Waals surface area contributed by atoms with Crippen LogP contribution in [-0.2, 0) is 25.6 Å². The van der Waals surface area contributed by atoms with E-state index in [4.69, 9.17) is 10.5 Å². The van der Waals surface area contributed by atoms with E-state index in [1.54, 1.807) is 24.3 Å². The fraction of sp³-hybridized carbons (Fsp3) is 0.286. The quantitative estimate of drug-likeness (QED) is 0.223. The van der Waals surface area contributed by atoms with Crippen LogP contribution in [0.2, 0.25) is 0 Å². The van der Waals surface area contributed by atoms with Crippen molar-refractivity contribution in [3.05, 3.63) is 52.1 Å². The first-order chi connectivity index (χ1) is 15.9. The molecule has 0 radical (unpaired) electrons. The molecule has 172 valence electrons. The van der Waals surface area contributed by atoms with Crippen molar-refractivity contribution in [2.24, 2.45) is 0 Å². The van der Waals surface area contributed by atoms with Crippen molar-refractivity contribution in [1.29, 1.82) is 0 Å². The Bertz CT molecular complexity index is 1200. The Morgan fingerprint density at radius 3 is 2.67 bits per heavy atom. The Labute approximate surface area is 187 Å². The highest BCUT2D eigenvalue weighted by Gasteiger charge is 2.17. The van der Waals surface area contributed by atoms with Crippen LogP contribution in [0.15, 0.2) is 35.3 Å². The summed E-state index contributed by atoms with van der Waals surface area (Å²) >= 11 is 0. The van der Waals surface area contributed by atoms with Gasteiger partial charge in [0.2, 0.25) is 5.95 Å². The lowest BCUT2D eigenvalue weighted by Gasteiger charge is -2.19. The number of benzene rings is 1. The van der Waals surface area contributed by atoms with E-state index in [9.17, 15) is 19.2 Å². The molecule has 3 rings (SSSR count). The van der Waals surface area contributed by atoms with E-state index in [0.717, 1.165) is 5.69 Å². The minimum Gasteiger partial charge on any atom is -0.468 e. The molecular formula is C21H22N6O6. The minimum absolute atomic E-state index is 0.0281. The number of nitrogens with one attached hydrogen (secondary N) is 1. The molecular weight excluding hydrogens is 432 g/mol. The molecule has 1 aromatic carbocycles. The van der Waals surface area contributed by atoms with Gasteiger partial charge in [0.15, 0.2) is 16.9 Å². The summed E-state index contributed by atoms with van der Waals surface area (Å²) < 4.78 is 9.49. The Kier molecular flexibility index (Phi) is 7.63. The molecule has 0 aliphatic carbocycles. The SMILES string of the molecule is CN(Cc1cnc2nc(N)[nH]c(=O)c2n1)c1ccc(C(=O)CC(CCOC=O)OC=O)cc1. The van der Waals surface area contributed by atoms with Gasteiger partial charge in [0.1, 0.15) is 6.10 Å². The number of ether oxygens (including phenoxy) is 2. The first-order valence-electron chi connectivity index (χ1n) is 9.91. The van der Waals surface area contributed by atoms with Gasteiger partial charge < -0.3 is 20.1 Å². The average Bonchev–Trinajstić information content (AvgIpc) is 2.79. The largest absolute Gasteiger partial charge is 0.468 e. The van der Waals surface area contributed by atoms with Crippen molar-refractivity contribution < 1.29 is 23.9 Å².